The van der Waals surface area contributed by atoms with E-state index >= 15 is 0 Å². The highest BCUT2D eigenvalue weighted by Gasteiger charge is 2.09. The number of para-hydroxylation sites is 2. The molecule has 2 aromatic carbocycles. The van der Waals surface area contributed by atoms with E-state index in [2.05, 4.69) is 15.3 Å². The number of aromatic nitrogens is 2. The summed E-state index contributed by atoms with van der Waals surface area (Å²) in [6.07, 6.45) is 0. The molecule has 2 N–H and O–H groups in total. The molecule has 0 saturated heterocycles. The van der Waals surface area contributed by atoms with Crippen LogP contribution in [0.2, 0.25) is 0 Å². The second kappa shape index (κ2) is 7.04. The van der Waals surface area contributed by atoms with Crippen LogP contribution in [0.4, 0.5) is 11.6 Å². The first-order valence-corrected chi connectivity index (χ1v) is 7.74. The normalized spacial score (nSPS) is 10.5. The number of benzene rings is 2. The lowest BCUT2D eigenvalue weighted by molar-refractivity contribution is -0.118. The van der Waals surface area contributed by atoms with E-state index in [0.29, 0.717) is 11.7 Å². The number of carbonyl (C=O) groups is 2. The van der Waals surface area contributed by atoms with Gasteiger partial charge in [-0.05, 0) is 36.4 Å². The predicted molar refractivity (Wildman–Crippen MR) is 95.7 cm³/mol. The molecule has 25 heavy (non-hydrogen) atoms. The van der Waals surface area contributed by atoms with Crippen molar-refractivity contribution in [3.05, 3.63) is 48.5 Å². The summed E-state index contributed by atoms with van der Waals surface area (Å²) in [4.78, 5) is 32.1. The molecule has 0 aliphatic rings. The molecule has 3 aromatic rings. The molecule has 0 unspecified atom stereocenters. The summed E-state index contributed by atoms with van der Waals surface area (Å²) < 4.78 is 5.45. The Morgan fingerprint density at radius 1 is 1.16 bits per heavy atom. The van der Waals surface area contributed by atoms with Crippen LogP contribution in [0.3, 0.4) is 0 Å². The van der Waals surface area contributed by atoms with E-state index in [1.54, 1.807) is 31.3 Å². The molecule has 3 rings (SSSR count). The molecule has 0 bridgehead atoms. The second-order valence-corrected chi connectivity index (χ2v) is 5.51. The number of anilines is 2. The number of hydrogen-bond donors (Lipinski definition) is 2. The number of H-pyrrole nitrogens is 1. The van der Waals surface area contributed by atoms with Crippen molar-refractivity contribution in [1.29, 1.82) is 0 Å². The lowest BCUT2D eigenvalue weighted by Crippen LogP contribution is -2.22. The van der Waals surface area contributed by atoms with Crippen LogP contribution in [0.5, 0.6) is 5.75 Å². The summed E-state index contributed by atoms with van der Waals surface area (Å²) in [5.41, 5.74) is 2.39. The fourth-order valence-electron chi connectivity index (χ4n) is 2.28. The van der Waals surface area contributed by atoms with Gasteiger partial charge in [-0.2, -0.15) is 0 Å². The number of hydrogen-bond acceptors (Lipinski definition) is 4. The average Bonchev–Trinajstić information content (AvgIpc) is 3.01. The average molecular weight is 338 g/mol. The highest BCUT2D eigenvalue weighted by atomic mass is 16.5. The van der Waals surface area contributed by atoms with E-state index in [1.807, 2.05) is 24.3 Å². The molecule has 1 heterocycles. The lowest BCUT2D eigenvalue weighted by Gasteiger charge is -2.15. The van der Waals surface area contributed by atoms with Crippen molar-refractivity contribution in [2.24, 2.45) is 0 Å². The number of carbonyl (C=O) groups excluding carboxylic acids is 2. The summed E-state index contributed by atoms with van der Waals surface area (Å²) in [5, 5.41) is 2.66. The lowest BCUT2D eigenvalue weighted by atomic mass is 10.3. The third-order valence-electron chi connectivity index (χ3n) is 3.71. The van der Waals surface area contributed by atoms with Gasteiger partial charge in [0.05, 0.1) is 11.0 Å². The molecule has 128 valence electrons. The minimum atomic E-state index is -0.316. The van der Waals surface area contributed by atoms with E-state index in [0.717, 1.165) is 16.7 Å². The summed E-state index contributed by atoms with van der Waals surface area (Å²) in [5.74, 6) is 0.552. The predicted octanol–water partition coefficient (Wildman–Crippen LogP) is 2.56. The van der Waals surface area contributed by atoms with Gasteiger partial charge in [0.2, 0.25) is 11.9 Å². The maximum atomic E-state index is 12.0. The molecule has 0 fully saturated rings. The molecule has 0 aliphatic heterocycles. The highest BCUT2D eigenvalue weighted by Crippen LogP contribution is 2.19. The zero-order valence-corrected chi connectivity index (χ0v) is 13.9. The Morgan fingerprint density at radius 3 is 2.56 bits per heavy atom. The minimum absolute atomic E-state index is 0.0566. The Hall–Kier alpha value is -3.35. The van der Waals surface area contributed by atoms with Gasteiger partial charge in [-0.1, -0.05) is 12.1 Å². The summed E-state index contributed by atoms with van der Waals surface area (Å²) in [6.45, 7) is 1.35. The third kappa shape index (κ3) is 3.95. The van der Waals surface area contributed by atoms with Gasteiger partial charge < -0.3 is 14.6 Å². The van der Waals surface area contributed by atoms with Gasteiger partial charge in [-0.15, -0.1) is 0 Å². The van der Waals surface area contributed by atoms with Crippen LogP contribution < -0.4 is 15.0 Å². The topological polar surface area (TPSA) is 87.3 Å². The molecule has 0 aliphatic carbocycles. The first kappa shape index (κ1) is 16.5. The number of rotatable bonds is 5. The van der Waals surface area contributed by atoms with Crippen LogP contribution in [0.15, 0.2) is 48.5 Å². The monoisotopic (exact) mass is 338 g/mol. The molecule has 0 saturated carbocycles. The maximum absolute atomic E-state index is 12.0. The van der Waals surface area contributed by atoms with Gasteiger partial charge in [0.1, 0.15) is 5.75 Å². The number of imidazole rings is 1. The van der Waals surface area contributed by atoms with Crippen molar-refractivity contribution in [2.75, 3.05) is 23.9 Å². The van der Waals surface area contributed by atoms with Gasteiger partial charge in [-0.25, -0.2) is 4.98 Å². The van der Waals surface area contributed by atoms with E-state index in [1.165, 1.54) is 11.8 Å². The smallest absolute Gasteiger partial charge is 0.264 e. The van der Waals surface area contributed by atoms with Gasteiger partial charge in [-0.3, -0.25) is 14.9 Å². The van der Waals surface area contributed by atoms with E-state index in [4.69, 9.17) is 4.74 Å². The maximum Gasteiger partial charge on any atom is 0.264 e. The molecule has 2 amide bonds. The zero-order valence-electron chi connectivity index (χ0n) is 13.9. The van der Waals surface area contributed by atoms with Crippen molar-refractivity contribution in [3.63, 3.8) is 0 Å². The van der Waals surface area contributed by atoms with Crippen LogP contribution in [0.25, 0.3) is 11.0 Å². The molecule has 0 radical (unpaired) electrons. The fraction of sp³-hybridized carbons (Fsp3) is 0.167. The Balaban J connectivity index is 1.56. The second-order valence-electron chi connectivity index (χ2n) is 5.51. The van der Waals surface area contributed by atoms with Crippen LogP contribution in [0.1, 0.15) is 6.92 Å². The van der Waals surface area contributed by atoms with Crippen molar-refractivity contribution in [1.82, 2.24) is 9.97 Å². The van der Waals surface area contributed by atoms with Crippen molar-refractivity contribution < 1.29 is 14.3 Å². The SMILES string of the molecule is CC(=O)N(C)c1ccc(OCC(=O)Nc2nc3ccccc3[nH]2)cc1. The Bertz CT molecular complexity index is 869. The molecule has 0 atom stereocenters. The molecule has 7 heteroatoms. The number of nitrogens with one attached hydrogen (secondary N) is 2. The Labute approximate surface area is 144 Å². The van der Waals surface area contributed by atoms with Crippen LogP contribution in [0, 0.1) is 0 Å². The highest BCUT2D eigenvalue weighted by molar-refractivity contribution is 5.92. The van der Waals surface area contributed by atoms with E-state index in [9.17, 15) is 9.59 Å². The molecule has 1 aromatic heterocycles. The number of aromatic amines is 1. The Morgan fingerprint density at radius 2 is 1.88 bits per heavy atom. The number of amides is 2. The van der Waals surface area contributed by atoms with Crippen LogP contribution in [-0.4, -0.2) is 35.4 Å². The minimum Gasteiger partial charge on any atom is -0.484 e. The van der Waals surface area contributed by atoms with Crippen molar-refractivity contribution in [2.45, 2.75) is 6.92 Å². The first-order valence-electron chi connectivity index (χ1n) is 7.74. The molecule has 0 spiro atoms. The standard InChI is InChI=1S/C18H18N4O3/c1-12(23)22(2)13-7-9-14(10-8-13)25-11-17(24)21-18-19-15-5-3-4-6-16(15)20-18/h3-10H,11H2,1-2H3,(H2,19,20,21,24). The van der Waals surface area contributed by atoms with Crippen LogP contribution >= 0.6 is 0 Å². The summed E-state index contributed by atoms with van der Waals surface area (Å²) in [6, 6.07) is 14.5. The van der Waals surface area contributed by atoms with Gasteiger partial charge >= 0.3 is 0 Å². The van der Waals surface area contributed by atoms with Crippen molar-refractivity contribution >= 4 is 34.5 Å². The van der Waals surface area contributed by atoms with E-state index in [-0.39, 0.29) is 18.4 Å². The number of ether oxygens (including phenoxy) is 1. The van der Waals surface area contributed by atoms with Gasteiger partial charge in [0.25, 0.3) is 5.91 Å². The fourth-order valence-corrected chi connectivity index (χ4v) is 2.28. The number of fused-ring (bicyclic) bond motifs is 1. The Kier molecular flexibility index (Phi) is 4.65. The largest absolute Gasteiger partial charge is 0.484 e. The van der Waals surface area contributed by atoms with Gasteiger partial charge in [0.15, 0.2) is 6.61 Å². The quantitative estimate of drug-likeness (QED) is 0.748. The van der Waals surface area contributed by atoms with Crippen LogP contribution in [-0.2, 0) is 9.59 Å². The van der Waals surface area contributed by atoms with Crippen molar-refractivity contribution in [3.8, 4) is 5.75 Å². The summed E-state index contributed by atoms with van der Waals surface area (Å²) >= 11 is 0. The van der Waals surface area contributed by atoms with E-state index < -0.39 is 0 Å². The zero-order chi connectivity index (χ0) is 17.8. The third-order valence-corrected chi connectivity index (χ3v) is 3.71. The first-order chi connectivity index (χ1) is 12.0. The van der Waals surface area contributed by atoms with Gasteiger partial charge in [0, 0.05) is 19.7 Å². The molecular weight excluding hydrogens is 320 g/mol. The molecule has 7 nitrogen and oxygen atoms in total. The molecular formula is C18H18N4O3. The summed E-state index contributed by atoms with van der Waals surface area (Å²) in [7, 11) is 1.69. The number of nitrogens with zero attached hydrogens (tertiary/aromatic N) is 2.